The van der Waals surface area contributed by atoms with E-state index in [1.165, 1.54) is 62.4 Å². The highest BCUT2D eigenvalue weighted by molar-refractivity contribution is 5.95. The summed E-state index contributed by atoms with van der Waals surface area (Å²) in [6.07, 6.45) is 12.4. The lowest BCUT2D eigenvalue weighted by molar-refractivity contribution is 0.0952. The molecule has 3 aromatic rings. The monoisotopic (exact) mass is 447 g/mol. The Kier molecular flexibility index (Phi) is 9.99. The third-order valence-electron chi connectivity index (χ3n) is 6.46. The fourth-order valence-corrected chi connectivity index (χ4v) is 4.58. The molecule has 2 aromatic carbocycles. The van der Waals surface area contributed by atoms with E-state index in [2.05, 4.69) is 47.1 Å². The van der Waals surface area contributed by atoms with Crippen LogP contribution in [0.15, 0.2) is 42.5 Å². The Morgan fingerprint density at radius 3 is 2.39 bits per heavy atom. The normalized spacial score (nSPS) is 11.2. The number of amides is 1. The Hall–Kier alpha value is -2.62. The topological polar surface area (TPSA) is 46.9 Å². The number of unbranched alkanes of at least 4 members (excludes halogenated alkanes) is 7. The second-order valence-corrected chi connectivity index (χ2v) is 9.32. The third-order valence-corrected chi connectivity index (χ3v) is 6.46. The van der Waals surface area contributed by atoms with Gasteiger partial charge in [0.25, 0.3) is 5.91 Å². The first kappa shape index (κ1) is 25.0. The van der Waals surface area contributed by atoms with Gasteiger partial charge in [-0.1, -0.05) is 81.7 Å². The van der Waals surface area contributed by atoms with Crippen LogP contribution in [-0.4, -0.2) is 22.0 Å². The van der Waals surface area contributed by atoms with Gasteiger partial charge in [0.2, 0.25) is 0 Å². The number of hydrogen-bond donors (Lipinski definition) is 1. The molecule has 0 atom stereocenters. The van der Waals surface area contributed by atoms with Crippen molar-refractivity contribution < 1.29 is 4.79 Å². The first-order valence-corrected chi connectivity index (χ1v) is 12.9. The maximum absolute atomic E-state index is 12.5. The number of imidazole rings is 1. The number of para-hydroxylation sites is 2. The van der Waals surface area contributed by atoms with Gasteiger partial charge in [-0.3, -0.25) is 4.79 Å². The van der Waals surface area contributed by atoms with Crippen molar-refractivity contribution in [1.29, 1.82) is 0 Å². The first-order valence-electron chi connectivity index (χ1n) is 12.9. The van der Waals surface area contributed by atoms with Crippen LogP contribution in [0, 0.1) is 13.8 Å². The number of hydrogen-bond acceptors (Lipinski definition) is 2. The standard InChI is InChI=1S/C29H41N3O/c1-4-5-6-7-8-9-10-13-21-32-27-16-12-11-15-26(27)31-28(32)17-14-20-30-29(33)25-19-18-23(2)22-24(25)3/h11-12,15-16,18-19,22H,4-10,13-14,17,20-21H2,1-3H3,(H,30,33). The number of aryl methyl sites for hydroxylation is 4. The predicted molar refractivity (Wildman–Crippen MR) is 139 cm³/mol. The van der Waals surface area contributed by atoms with Gasteiger partial charge in [-0.05, 0) is 50.5 Å². The zero-order valence-electron chi connectivity index (χ0n) is 20.8. The highest BCUT2D eigenvalue weighted by atomic mass is 16.1. The van der Waals surface area contributed by atoms with Gasteiger partial charge in [0.05, 0.1) is 11.0 Å². The largest absolute Gasteiger partial charge is 0.352 e. The van der Waals surface area contributed by atoms with E-state index in [-0.39, 0.29) is 5.91 Å². The molecule has 0 aliphatic heterocycles. The average molecular weight is 448 g/mol. The summed E-state index contributed by atoms with van der Waals surface area (Å²) in [4.78, 5) is 17.5. The summed E-state index contributed by atoms with van der Waals surface area (Å²) in [5.41, 5.74) is 5.28. The van der Waals surface area contributed by atoms with Gasteiger partial charge in [-0.2, -0.15) is 0 Å². The highest BCUT2D eigenvalue weighted by Gasteiger charge is 2.11. The SMILES string of the molecule is CCCCCCCCCCn1c(CCCNC(=O)c2ccc(C)cc2C)nc2ccccc21. The number of rotatable bonds is 14. The molecule has 33 heavy (non-hydrogen) atoms. The van der Waals surface area contributed by atoms with Gasteiger partial charge < -0.3 is 9.88 Å². The Morgan fingerprint density at radius 1 is 0.909 bits per heavy atom. The van der Waals surface area contributed by atoms with E-state index in [9.17, 15) is 4.79 Å². The van der Waals surface area contributed by atoms with Crippen LogP contribution in [0.1, 0.15) is 92.0 Å². The summed E-state index contributed by atoms with van der Waals surface area (Å²) in [5.74, 6) is 1.15. The van der Waals surface area contributed by atoms with Gasteiger partial charge in [0.15, 0.2) is 0 Å². The van der Waals surface area contributed by atoms with E-state index in [1.807, 2.05) is 26.0 Å². The molecule has 3 rings (SSSR count). The predicted octanol–water partition coefficient (Wildman–Crippen LogP) is 7.16. The number of benzene rings is 2. The molecule has 1 N–H and O–H groups in total. The molecule has 1 heterocycles. The number of nitrogens with one attached hydrogen (secondary N) is 1. The Bertz CT molecular complexity index is 1020. The lowest BCUT2D eigenvalue weighted by Gasteiger charge is -2.11. The molecule has 4 heteroatoms. The van der Waals surface area contributed by atoms with Crippen LogP contribution in [0.4, 0.5) is 0 Å². The number of carbonyl (C=O) groups is 1. The fraction of sp³-hybridized carbons (Fsp3) is 0.517. The van der Waals surface area contributed by atoms with Crippen LogP contribution < -0.4 is 5.32 Å². The van der Waals surface area contributed by atoms with Crippen molar-refractivity contribution in [1.82, 2.24) is 14.9 Å². The molecule has 1 aromatic heterocycles. The van der Waals surface area contributed by atoms with Gasteiger partial charge in [-0.15, -0.1) is 0 Å². The summed E-state index contributed by atoms with van der Waals surface area (Å²) < 4.78 is 2.40. The second-order valence-electron chi connectivity index (χ2n) is 9.32. The smallest absolute Gasteiger partial charge is 0.251 e. The molecule has 0 bridgehead atoms. The highest BCUT2D eigenvalue weighted by Crippen LogP contribution is 2.19. The van der Waals surface area contributed by atoms with Crippen molar-refractivity contribution in [3.63, 3.8) is 0 Å². The second kappa shape index (κ2) is 13.2. The summed E-state index contributed by atoms with van der Waals surface area (Å²) in [7, 11) is 0. The number of aromatic nitrogens is 2. The first-order chi connectivity index (χ1) is 16.1. The third kappa shape index (κ3) is 7.45. The molecular formula is C29H41N3O. The molecule has 178 valence electrons. The van der Waals surface area contributed by atoms with E-state index in [0.29, 0.717) is 6.54 Å². The van der Waals surface area contributed by atoms with Crippen LogP contribution in [0.25, 0.3) is 11.0 Å². The quantitative estimate of drug-likeness (QED) is 0.267. The minimum Gasteiger partial charge on any atom is -0.352 e. The maximum Gasteiger partial charge on any atom is 0.251 e. The van der Waals surface area contributed by atoms with Crippen molar-refractivity contribution >= 4 is 16.9 Å². The Morgan fingerprint density at radius 2 is 1.64 bits per heavy atom. The van der Waals surface area contributed by atoms with Crippen LogP contribution in [0.5, 0.6) is 0 Å². The van der Waals surface area contributed by atoms with Gasteiger partial charge in [0, 0.05) is 25.1 Å². The molecule has 0 aliphatic rings. The minimum atomic E-state index is 0.0138. The lowest BCUT2D eigenvalue weighted by atomic mass is 10.1. The van der Waals surface area contributed by atoms with Crippen molar-refractivity contribution in [2.75, 3.05) is 6.54 Å². The van der Waals surface area contributed by atoms with E-state index in [0.717, 1.165) is 41.9 Å². The summed E-state index contributed by atoms with van der Waals surface area (Å²) in [6, 6.07) is 14.4. The molecule has 0 spiro atoms. The Balaban J connectivity index is 1.49. The molecule has 0 unspecified atom stereocenters. The minimum absolute atomic E-state index is 0.0138. The van der Waals surface area contributed by atoms with E-state index in [1.54, 1.807) is 0 Å². The van der Waals surface area contributed by atoms with Crippen molar-refractivity contribution in [3.05, 3.63) is 65.0 Å². The van der Waals surface area contributed by atoms with Crippen LogP contribution in [0.3, 0.4) is 0 Å². The van der Waals surface area contributed by atoms with Gasteiger partial charge >= 0.3 is 0 Å². The van der Waals surface area contributed by atoms with Crippen molar-refractivity contribution in [2.45, 2.75) is 91.5 Å². The molecular weight excluding hydrogens is 406 g/mol. The molecule has 0 radical (unpaired) electrons. The summed E-state index contributed by atoms with van der Waals surface area (Å²) in [5, 5.41) is 3.09. The molecule has 0 aliphatic carbocycles. The molecule has 0 saturated heterocycles. The number of nitrogens with zero attached hydrogens (tertiary/aromatic N) is 2. The van der Waals surface area contributed by atoms with Gasteiger partial charge in [0.1, 0.15) is 5.82 Å². The van der Waals surface area contributed by atoms with Crippen LogP contribution in [-0.2, 0) is 13.0 Å². The zero-order valence-corrected chi connectivity index (χ0v) is 20.8. The fourth-order valence-electron chi connectivity index (χ4n) is 4.58. The van der Waals surface area contributed by atoms with Gasteiger partial charge in [-0.25, -0.2) is 4.98 Å². The van der Waals surface area contributed by atoms with Crippen molar-refractivity contribution in [2.24, 2.45) is 0 Å². The van der Waals surface area contributed by atoms with Crippen molar-refractivity contribution in [3.8, 4) is 0 Å². The van der Waals surface area contributed by atoms with Crippen LogP contribution in [0.2, 0.25) is 0 Å². The van der Waals surface area contributed by atoms with E-state index >= 15 is 0 Å². The summed E-state index contributed by atoms with van der Waals surface area (Å²) >= 11 is 0. The van der Waals surface area contributed by atoms with E-state index < -0.39 is 0 Å². The molecule has 4 nitrogen and oxygen atoms in total. The lowest BCUT2D eigenvalue weighted by Crippen LogP contribution is -2.25. The maximum atomic E-state index is 12.5. The Labute approximate surface area is 199 Å². The molecule has 0 saturated carbocycles. The number of fused-ring (bicyclic) bond motifs is 1. The van der Waals surface area contributed by atoms with E-state index in [4.69, 9.17) is 4.98 Å². The zero-order chi connectivity index (χ0) is 23.5. The average Bonchev–Trinajstić information content (AvgIpc) is 3.15. The summed E-state index contributed by atoms with van der Waals surface area (Å²) in [6.45, 7) is 8.00. The van der Waals surface area contributed by atoms with Crippen LogP contribution >= 0.6 is 0 Å². The molecule has 1 amide bonds. The molecule has 0 fully saturated rings. The number of carbonyl (C=O) groups excluding carboxylic acids is 1.